The van der Waals surface area contributed by atoms with Gasteiger partial charge in [-0.2, -0.15) is 0 Å². The van der Waals surface area contributed by atoms with Crippen LogP contribution in [0.15, 0.2) is 28.7 Å². The number of aliphatic hydroxyl groups is 1. The molecule has 1 heterocycles. The van der Waals surface area contributed by atoms with Gasteiger partial charge in [0.15, 0.2) is 0 Å². The molecule has 1 unspecified atom stereocenters. The first-order valence-electron chi connectivity index (χ1n) is 4.89. The van der Waals surface area contributed by atoms with Crippen molar-refractivity contribution >= 4 is 15.9 Å². The molecule has 14 heavy (non-hydrogen) atoms. The Balaban J connectivity index is 2.31. The van der Waals surface area contributed by atoms with Crippen LogP contribution < -0.4 is 5.32 Å². The van der Waals surface area contributed by atoms with E-state index in [-0.39, 0.29) is 12.1 Å². The fourth-order valence-corrected chi connectivity index (χ4v) is 2.31. The summed E-state index contributed by atoms with van der Waals surface area (Å²) in [7, 11) is 0. The van der Waals surface area contributed by atoms with Crippen molar-refractivity contribution in [2.45, 2.75) is 18.4 Å². The summed E-state index contributed by atoms with van der Waals surface area (Å²) in [6, 6.07) is 8.18. The van der Waals surface area contributed by atoms with E-state index in [0.717, 1.165) is 23.9 Å². The molecule has 2 nitrogen and oxygen atoms in total. The Kier molecular flexibility index (Phi) is 2.91. The lowest BCUT2D eigenvalue weighted by Crippen LogP contribution is -2.40. The second-order valence-corrected chi connectivity index (χ2v) is 4.69. The Morgan fingerprint density at radius 2 is 2.07 bits per heavy atom. The Morgan fingerprint density at radius 1 is 1.36 bits per heavy atom. The number of hydrogen-bond acceptors (Lipinski definition) is 2. The Bertz CT molecular complexity index is 304. The zero-order valence-electron chi connectivity index (χ0n) is 7.96. The van der Waals surface area contributed by atoms with E-state index in [1.165, 1.54) is 5.56 Å². The third-order valence-electron chi connectivity index (χ3n) is 2.91. The van der Waals surface area contributed by atoms with Crippen LogP contribution in [0.3, 0.4) is 0 Å². The highest BCUT2D eigenvalue weighted by Crippen LogP contribution is 2.30. The van der Waals surface area contributed by atoms with Crippen molar-refractivity contribution in [2.75, 3.05) is 13.2 Å². The fraction of sp³-hybridized carbons (Fsp3) is 0.455. The van der Waals surface area contributed by atoms with Gasteiger partial charge in [0.05, 0.1) is 12.1 Å². The lowest BCUT2D eigenvalue weighted by Gasteiger charge is -2.27. The number of nitrogens with one attached hydrogen (secondary N) is 1. The highest BCUT2D eigenvalue weighted by atomic mass is 79.9. The summed E-state index contributed by atoms with van der Waals surface area (Å²) in [5, 5.41) is 12.9. The third kappa shape index (κ3) is 1.72. The molecule has 1 aliphatic heterocycles. The molecule has 3 heteroatoms. The lowest BCUT2D eigenvalue weighted by molar-refractivity contribution is 0.178. The van der Waals surface area contributed by atoms with E-state index < -0.39 is 0 Å². The number of benzene rings is 1. The van der Waals surface area contributed by atoms with Gasteiger partial charge in [0, 0.05) is 4.47 Å². The van der Waals surface area contributed by atoms with Crippen LogP contribution in [-0.4, -0.2) is 18.3 Å². The molecule has 1 fully saturated rings. The van der Waals surface area contributed by atoms with Gasteiger partial charge in [-0.15, -0.1) is 0 Å². The minimum Gasteiger partial charge on any atom is -0.394 e. The van der Waals surface area contributed by atoms with Crippen LogP contribution in [0.4, 0.5) is 0 Å². The molecular formula is C11H14BrNO. The smallest absolute Gasteiger partial charge is 0.0669 e. The molecule has 1 atom stereocenters. The molecule has 1 aromatic carbocycles. The maximum atomic E-state index is 9.47. The topological polar surface area (TPSA) is 32.3 Å². The predicted octanol–water partition coefficient (Wildman–Crippen LogP) is 2.02. The van der Waals surface area contributed by atoms with E-state index in [2.05, 4.69) is 33.4 Å². The van der Waals surface area contributed by atoms with Gasteiger partial charge in [-0.1, -0.05) is 28.1 Å². The van der Waals surface area contributed by atoms with Crippen molar-refractivity contribution in [1.82, 2.24) is 5.32 Å². The SMILES string of the molecule is OCC1(c2ccc(Br)cc2)CCCN1. The van der Waals surface area contributed by atoms with Crippen molar-refractivity contribution in [1.29, 1.82) is 0 Å². The maximum Gasteiger partial charge on any atom is 0.0669 e. The zero-order valence-corrected chi connectivity index (χ0v) is 9.55. The fourth-order valence-electron chi connectivity index (χ4n) is 2.05. The number of halogens is 1. The first kappa shape index (κ1) is 10.1. The molecule has 0 saturated carbocycles. The molecule has 2 N–H and O–H groups in total. The minimum absolute atomic E-state index is 0.175. The number of aliphatic hydroxyl groups excluding tert-OH is 1. The first-order valence-corrected chi connectivity index (χ1v) is 5.68. The Morgan fingerprint density at radius 3 is 2.57 bits per heavy atom. The second kappa shape index (κ2) is 4.01. The summed E-state index contributed by atoms with van der Waals surface area (Å²) in [5.41, 5.74) is 0.987. The van der Waals surface area contributed by atoms with Crippen molar-refractivity contribution in [3.63, 3.8) is 0 Å². The number of rotatable bonds is 2. The van der Waals surface area contributed by atoms with E-state index in [1.807, 2.05) is 12.1 Å². The largest absolute Gasteiger partial charge is 0.394 e. The van der Waals surface area contributed by atoms with Crippen LogP contribution in [0.25, 0.3) is 0 Å². The van der Waals surface area contributed by atoms with Crippen LogP contribution in [0.2, 0.25) is 0 Å². The monoisotopic (exact) mass is 255 g/mol. The molecule has 0 aromatic heterocycles. The van der Waals surface area contributed by atoms with Crippen molar-refractivity contribution in [2.24, 2.45) is 0 Å². The molecule has 0 spiro atoms. The maximum absolute atomic E-state index is 9.47. The van der Waals surface area contributed by atoms with E-state index >= 15 is 0 Å². The van der Waals surface area contributed by atoms with Crippen LogP contribution in [0, 0.1) is 0 Å². The van der Waals surface area contributed by atoms with Crippen molar-refractivity contribution in [3.05, 3.63) is 34.3 Å². The van der Waals surface area contributed by atoms with E-state index in [0.29, 0.717) is 0 Å². The molecule has 0 radical (unpaired) electrons. The molecule has 0 amide bonds. The van der Waals surface area contributed by atoms with Crippen molar-refractivity contribution < 1.29 is 5.11 Å². The van der Waals surface area contributed by atoms with Crippen molar-refractivity contribution in [3.8, 4) is 0 Å². The van der Waals surface area contributed by atoms with Gasteiger partial charge < -0.3 is 10.4 Å². The second-order valence-electron chi connectivity index (χ2n) is 3.78. The van der Waals surface area contributed by atoms with Gasteiger partial charge >= 0.3 is 0 Å². The van der Waals surface area contributed by atoms with Crippen LogP contribution in [-0.2, 0) is 5.54 Å². The highest BCUT2D eigenvalue weighted by Gasteiger charge is 2.34. The average Bonchev–Trinajstić information content (AvgIpc) is 2.68. The molecular weight excluding hydrogens is 242 g/mol. The zero-order chi connectivity index (χ0) is 10.0. The third-order valence-corrected chi connectivity index (χ3v) is 3.44. The van der Waals surface area contributed by atoms with Gasteiger partial charge in [0.1, 0.15) is 0 Å². The Hall–Kier alpha value is -0.380. The van der Waals surface area contributed by atoms with E-state index in [4.69, 9.17) is 0 Å². The van der Waals surface area contributed by atoms with Gasteiger partial charge in [0.25, 0.3) is 0 Å². The lowest BCUT2D eigenvalue weighted by atomic mass is 9.89. The van der Waals surface area contributed by atoms with Gasteiger partial charge in [-0.25, -0.2) is 0 Å². The Labute approximate surface area is 92.5 Å². The molecule has 0 bridgehead atoms. The summed E-state index contributed by atoms with van der Waals surface area (Å²) < 4.78 is 1.08. The first-order chi connectivity index (χ1) is 6.77. The van der Waals surface area contributed by atoms with Gasteiger partial charge in [-0.3, -0.25) is 0 Å². The summed E-state index contributed by atoms with van der Waals surface area (Å²) in [6.45, 7) is 1.17. The highest BCUT2D eigenvalue weighted by molar-refractivity contribution is 9.10. The molecule has 2 rings (SSSR count). The standard InChI is InChI=1S/C11H14BrNO/c12-10-4-2-9(3-5-10)11(8-14)6-1-7-13-11/h2-5,13-14H,1,6-8H2. The number of hydrogen-bond donors (Lipinski definition) is 2. The summed E-state index contributed by atoms with van der Waals surface area (Å²) in [5.74, 6) is 0. The molecule has 1 saturated heterocycles. The summed E-state index contributed by atoms with van der Waals surface area (Å²) in [4.78, 5) is 0. The van der Waals surface area contributed by atoms with Crippen LogP contribution in [0.1, 0.15) is 18.4 Å². The van der Waals surface area contributed by atoms with Crippen LogP contribution >= 0.6 is 15.9 Å². The molecule has 76 valence electrons. The van der Waals surface area contributed by atoms with E-state index in [1.54, 1.807) is 0 Å². The van der Waals surface area contributed by atoms with E-state index in [9.17, 15) is 5.11 Å². The normalized spacial score (nSPS) is 26.7. The van der Waals surface area contributed by atoms with Gasteiger partial charge in [-0.05, 0) is 37.1 Å². The van der Waals surface area contributed by atoms with Crippen LogP contribution in [0.5, 0.6) is 0 Å². The quantitative estimate of drug-likeness (QED) is 0.848. The van der Waals surface area contributed by atoms with Gasteiger partial charge in [0.2, 0.25) is 0 Å². The average molecular weight is 256 g/mol. The summed E-state index contributed by atoms with van der Waals surface area (Å²) >= 11 is 3.41. The molecule has 1 aromatic rings. The predicted molar refractivity (Wildman–Crippen MR) is 60.1 cm³/mol. The molecule has 0 aliphatic carbocycles. The minimum atomic E-state index is -0.194. The summed E-state index contributed by atoms with van der Waals surface area (Å²) in [6.07, 6.45) is 2.15. The molecule has 1 aliphatic rings.